The Labute approximate surface area is 118 Å². The van der Waals surface area contributed by atoms with E-state index in [1.807, 2.05) is 0 Å². The molecule has 1 fully saturated rings. The molecule has 108 valence electrons. The van der Waals surface area contributed by atoms with Gasteiger partial charge in [-0.3, -0.25) is 9.59 Å². The number of nitrogen functional groups attached to an aromatic ring is 1. The molecule has 20 heavy (non-hydrogen) atoms. The van der Waals surface area contributed by atoms with E-state index < -0.39 is 0 Å². The van der Waals surface area contributed by atoms with Crippen LogP contribution in [0.1, 0.15) is 23.2 Å². The molecule has 1 aromatic rings. The first-order chi connectivity index (χ1) is 9.51. The summed E-state index contributed by atoms with van der Waals surface area (Å²) in [7, 11) is 3.38. The topological polar surface area (TPSA) is 87.5 Å². The molecule has 1 aliphatic heterocycles. The van der Waals surface area contributed by atoms with Crippen molar-refractivity contribution in [3.63, 3.8) is 0 Å². The molecule has 1 aromatic carbocycles. The smallest absolute Gasteiger partial charge is 0.251 e. The number of nitrogens with one attached hydrogen (secondary N) is 2. The van der Waals surface area contributed by atoms with Gasteiger partial charge in [-0.25, -0.2) is 0 Å². The summed E-state index contributed by atoms with van der Waals surface area (Å²) in [5, 5.41) is 5.90. The second kappa shape index (κ2) is 5.81. The SMILES string of the molecule is CNC(=O)c1ccc(N)c(NC2CCC(=O)N(C)C2)c1. The zero-order valence-electron chi connectivity index (χ0n) is 11.8. The van der Waals surface area contributed by atoms with Gasteiger partial charge in [0, 0.05) is 38.7 Å². The number of likely N-dealkylation sites (N-methyl/N-ethyl adjacent to an activating group) is 1. The minimum Gasteiger partial charge on any atom is -0.397 e. The van der Waals surface area contributed by atoms with Gasteiger partial charge in [0.15, 0.2) is 0 Å². The maximum absolute atomic E-state index is 11.6. The van der Waals surface area contributed by atoms with Gasteiger partial charge in [0.1, 0.15) is 0 Å². The number of carbonyl (C=O) groups is 2. The van der Waals surface area contributed by atoms with E-state index in [2.05, 4.69) is 10.6 Å². The van der Waals surface area contributed by atoms with Crippen LogP contribution in [-0.4, -0.2) is 43.4 Å². The number of carbonyl (C=O) groups excluding carboxylic acids is 2. The first-order valence-electron chi connectivity index (χ1n) is 6.63. The third-order valence-electron chi connectivity index (χ3n) is 3.53. The van der Waals surface area contributed by atoms with Crippen LogP contribution in [0.2, 0.25) is 0 Å². The van der Waals surface area contributed by atoms with Gasteiger partial charge in [-0.15, -0.1) is 0 Å². The molecular weight excluding hydrogens is 256 g/mol. The Kier molecular flexibility index (Phi) is 4.12. The molecule has 1 saturated heterocycles. The van der Waals surface area contributed by atoms with Gasteiger partial charge in [-0.05, 0) is 24.6 Å². The zero-order valence-corrected chi connectivity index (χ0v) is 11.8. The lowest BCUT2D eigenvalue weighted by molar-refractivity contribution is -0.132. The summed E-state index contributed by atoms with van der Waals surface area (Å²) in [6, 6.07) is 5.30. The predicted molar refractivity (Wildman–Crippen MR) is 78.5 cm³/mol. The van der Waals surface area contributed by atoms with E-state index in [1.54, 1.807) is 37.2 Å². The van der Waals surface area contributed by atoms with Crippen LogP contribution < -0.4 is 16.4 Å². The fraction of sp³-hybridized carbons (Fsp3) is 0.429. The molecule has 2 rings (SSSR count). The normalized spacial score (nSPS) is 18.8. The molecule has 4 N–H and O–H groups in total. The first kappa shape index (κ1) is 14.2. The fourth-order valence-electron chi connectivity index (χ4n) is 2.32. The number of likely N-dealkylation sites (tertiary alicyclic amines) is 1. The molecule has 2 amide bonds. The molecule has 6 heteroatoms. The van der Waals surface area contributed by atoms with Crippen molar-refractivity contribution in [3.05, 3.63) is 23.8 Å². The highest BCUT2D eigenvalue weighted by molar-refractivity contribution is 5.96. The largest absolute Gasteiger partial charge is 0.397 e. The summed E-state index contributed by atoms with van der Waals surface area (Å²) in [6.45, 7) is 0.641. The van der Waals surface area contributed by atoms with E-state index in [0.29, 0.717) is 24.2 Å². The van der Waals surface area contributed by atoms with Crippen molar-refractivity contribution < 1.29 is 9.59 Å². The number of nitrogens with two attached hydrogens (primary N) is 1. The van der Waals surface area contributed by atoms with Crippen molar-refractivity contribution in [2.24, 2.45) is 0 Å². The molecule has 1 heterocycles. The molecule has 1 aliphatic rings. The number of hydrogen-bond acceptors (Lipinski definition) is 4. The van der Waals surface area contributed by atoms with E-state index in [1.165, 1.54) is 0 Å². The number of benzene rings is 1. The van der Waals surface area contributed by atoms with Gasteiger partial charge in [-0.2, -0.15) is 0 Å². The van der Waals surface area contributed by atoms with Gasteiger partial charge >= 0.3 is 0 Å². The van der Waals surface area contributed by atoms with E-state index in [0.717, 1.165) is 12.1 Å². The molecular formula is C14H20N4O2. The van der Waals surface area contributed by atoms with Gasteiger partial charge in [-0.1, -0.05) is 0 Å². The Balaban J connectivity index is 2.12. The van der Waals surface area contributed by atoms with Crippen LogP contribution in [0.15, 0.2) is 18.2 Å². The number of amides is 2. The van der Waals surface area contributed by atoms with Crippen molar-refractivity contribution in [1.29, 1.82) is 0 Å². The Hall–Kier alpha value is -2.24. The minimum absolute atomic E-state index is 0.149. The van der Waals surface area contributed by atoms with Crippen molar-refractivity contribution >= 4 is 23.2 Å². The predicted octanol–water partition coefficient (Wildman–Crippen LogP) is 0.661. The summed E-state index contributed by atoms with van der Waals surface area (Å²) in [4.78, 5) is 24.8. The van der Waals surface area contributed by atoms with Gasteiger partial charge in [0.25, 0.3) is 5.91 Å². The monoisotopic (exact) mass is 276 g/mol. The standard InChI is InChI=1S/C14H20N4O2/c1-16-14(20)9-3-5-11(15)12(7-9)17-10-4-6-13(19)18(2)8-10/h3,5,7,10,17H,4,6,8,15H2,1-2H3,(H,16,20). The molecule has 0 spiro atoms. The highest BCUT2D eigenvalue weighted by Crippen LogP contribution is 2.23. The van der Waals surface area contributed by atoms with E-state index in [-0.39, 0.29) is 17.9 Å². The maximum Gasteiger partial charge on any atom is 0.251 e. The molecule has 0 saturated carbocycles. The van der Waals surface area contributed by atoms with Crippen LogP contribution in [0, 0.1) is 0 Å². The summed E-state index contributed by atoms with van der Waals surface area (Å²) < 4.78 is 0. The Bertz CT molecular complexity index is 530. The van der Waals surface area contributed by atoms with E-state index in [4.69, 9.17) is 5.73 Å². The molecule has 0 aromatic heterocycles. The number of rotatable bonds is 3. The Morgan fingerprint density at radius 3 is 2.85 bits per heavy atom. The molecule has 6 nitrogen and oxygen atoms in total. The quantitative estimate of drug-likeness (QED) is 0.708. The number of nitrogens with zero attached hydrogens (tertiary/aromatic N) is 1. The summed E-state index contributed by atoms with van der Waals surface area (Å²) in [5.74, 6) is 0.0131. The summed E-state index contributed by atoms with van der Waals surface area (Å²) >= 11 is 0. The second-order valence-electron chi connectivity index (χ2n) is 5.04. The van der Waals surface area contributed by atoms with Crippen molar-refractivity contribution in [3.8, 4) is 0 Å². The third-order valence-corrected chi connectivity index (χ3v) is 3.53. The lowest BCUT2D eigenvalue weighted by Gasteiger charge is -2.31. The van der Waals surface area contributed by atoms with Gasteiger partial charge < -0.3 is 21.3 Å². The number of hydrogen-bond donors (Lipinski definition) is 3. The Morgan fingerprint density at radius 2 is 2.20 bits per heavy atom. The molecule has 1 unspecified atom stereocenters. The molecule has 0 aliphatic carbocycles. The van der Waals surface area contributed by atoms with Crippen molar-refractivity contribution in [1.82, 2.24) is 10.2 Å². The first-order valence-corrected chi connectivity index (χ1v) is 6.63. The molecule has 0 radical (unpaired) electrons. The Morgan fingerprint density at radius 1 is 1.45 bits per heavy atom. The van der Waals surface area contributed by atoms with Gasteiger partial charge in [0.05, 0.1) is 11.4 Å². The van der Waals surface area contributed by atoms with Gasteiger partial charge in [0.2, 0.25) is 5.91 Å². The molecule has 1 atom stereocenters. The van der Waals surface area contributed by atoms with E-state index >= 15 is 0 Å². The number of anilines is 2. The van der Waals surface area contributed by atoms with E-state index in [9.17, 15) is 9.59 Å². The zero-order chi connectivity index (χ0) is 14.7. The second-order valence-corrected chi connectivity index (χ2v) is 5.04. The average molecular weight is 276 g/mol. The van der Waals surface area contributed by atoms with Crippen LogP contribution in [0.4, 0.5) is 11.4 Å². The average Bonchev–Trinajstić information content (AvgIpc) is 2.44. The van der Waals surface area contributed by atoms with Crippen LogP contribution >= 0.6 is 0 Å². The lowest BCUT2D eigenvalue weighted by atomic mass is 10.0. The minimum atomic E-state index is -0.149. The van der Waals surface area contributed by atoms with Crippen LogP contribution in [0.3, 0.4) is 0 Å². The van der Waals surface area contributed by atoms with Crippen LogP contribution in [-0.2, 0) is 4.79 Å². The third kappa shape index (κ3) is 3.01. The fourth-order valence-corrected chi connectivity index (χ4v) is 2.32. The van der Waals surface area contributed by atoms with Crippen molar-refractivity contribution in [2.45, 2.75) is 18.9 Å². The van der Waals surface area contributed by atoms with Crippen LogP contribution in [0.25, 0.3) is 0 Å². The lowest BCUT2D eigenvalue weighted by Crippen LogP contribution is -2.43. The highest BCUT2D eigenvalue weighted by atomic mass is 16.2. The molecule has 0 bridgehead atoms. The van der Waals surface area contributed by atoms with Crippen LogP contribution in [0.5, 0.6) is 0 Å². The maximum atomic E-state index is 11.6. The summed E-state index contributed by atoms with van der Waals surface area (Å²) in [5.41, 5.74) is 7.82. The highest BCUT2D eigenvalue weighted by Gasteiger charge is 2.23. The van der Waals surface area contributed by atoms with Crippen molar-refractivity contribution in [2.75, 3.05) is 31.7 Å². The summed E-state index contributed by atoms with van der Waals surface area (Å²) in [6.07, 6.45) is 1.30. The number of piperidine rings is 1.